The lowest BCUT2D eigenvalue weighted by molar-refractivity contribution is 0.103. The molecule has 1 N–H and O–H groups in total. The van der Waals surface area contributed by atoms with E-state index in [0.29, 0.717) is 18.2 Å². The van der Waals surface area contributed by atoms with Crippen molar-refractivity contribution in [1.29, 1.82) is 0 Å². The third-order valence-corrected chi connectivity index (χ3v) is 7.01. The van der Waals surface area contributed by atoms with Gasteiger partial charge in [0.15, 0.2) is 0 Å². The molecule has 0 fully saturated rings. The summed E-state index contributed by atoms with van der Waals surface area (Å²) < 4.78 is 9.83. The highest BCUT2D eigenvalue weighted by Gasteiger charge is 2.17. The average molecular weight is 478 g/mol. The van der Waals surface area contributed by atoms with Crippen molar-refractivity contribution in [3.05, 3.63) is 79.6 Å². The number of hydrogen-bond acceptors (Lipinski definition) is 5. The van der Waals surface area contributed by atoms with Crippen molar-refractivity contribution in [2.75, 3.05) is 5.32 Å². The second-order valence-corrected chi connectivity index (χ2v) is 9.79. The molecular formula is C26H31N5O2S. The Morgan fingerprint density at radius 3 is 2.47 bits per heavy atom. The average Bonchev–Trinajstić information content (AvgIpc) is 3.44. The number of ether oxygens (including phenoxy) is 1. The van der Waals surface area contributed by atoms with E-state index in [2.05, 4.69) is 48.4 Å². The van der Waals surface area contributed by atoms with Crippen LogP contribution in [0.5, 0.6) is 5.75 Å². The zero-order chi connectivity index (χ0) is 24.6. The summed E-state index contributed by atoms with van der Waals surface area (Å²) >= 11 is 1.42. The fourth-order valence-corrected chi connectivity index (χ4v) is 4.81. The maximum atomic E-state index is 13.0. The van der Waals surface area contributed by atoms with Gasteiger partial charge in [-0.25, -0.2) is 9.36 Å². The number of aryl methyl sites for hydroxylation is 5. The van der Waals surface area contributed by atoms with Gasteiger partial charge in [-0.1, -0.05) is 6.07 Å². The van der Waals surface area contributed by atoms with Gasteiger partial charge in [-0.3, -0.25) is 4.79 Å². The lowest BCUT2D eigenvalue weighted by Crippen LogP contribution is -2.15. The topological polar surface area (TPSA) is 74.0 Å². The van der Waals surface area contributed by atoms with Crippen LogP contribution in [0.4, 0.5) is 5.69 Å². The molecule has 4 aromatic rings. The van der Waals surface area contributed by atoms with Gasteiger partial charge in [0.1, 0.15) is 19.0 Å². The Morgan fingerprint density at radius 1 is 1.00 bits per heavy atom. The molecule has 0 bridgehead atoms. The number of anilines is 1. The molecule has 0 aliphatic heterocycles. The lowest BCUT2D eigenvalue weighted by atomic mass is 10.1. The maximum absolute atomic E-state index is 13.0. The van der Waals surface area contributed by atoms with Gasteiger partial charge in [-0.2, -0.15) is 10.2 Å². The van der Waals surface area contributed by atoms with Crippen LogP contribution in [-0.4, -0.2) is 25.5 Å². The van der Waals surface area contributed by atoms with Crippen LogP contribution in [-0.2, 0) is 13.3 Å². The smallest absolute Gasteiger partial charge is 0.265 e. The summed E-state index contributed by atoms with van der Waals surface area (Å²) in [5.41, 5.74) is 8.95. The summed E-state index contributed by atoms with van der Waals surface area (Å²) in [6.07, 6.45) is 0. The van der Waals surface area contributed by atoms with Gasteiger partial charge in [-0.05, 0) is 88.7 Å². The van der Waals surface area contributed by atoms with Gasteiger partial charge in [0.05, 0.1) is 27.6 Å². The van der Waals surface area contributed by atoms with Crippen LogP contribution in [0.15, 0.2) is 29.6 Å². The van der Waals surface area contributed by atoms with Gasteiger partial charge < -0.3 is 10.1 Å². The third-order valence-electron chi connectivity index (χ3n) is 6.03. The van der Waals surface area contributed by atoms with Crippen molar-refractivity contribution >= 4 is 22.9 Å². The summed E-state index contributed by atoms with van der Waals surface area (Å²) in [7, 11) is 0. The highest BCUT2D eigenvalue weighted by molar-refractivity contribution is 7.12. The van der Waals surface area contributed by atoms with Crippen molar-refractivity contribution in [2.45, 2.75) is 61.7 Å². The molecule has 3 heterocycles. The quantitative estimate of drug-likeness (QED) is 0.374. The van der Waals surface area contributed by atoms with Gasteiger partial charge in [0.25, 0.3) is 5.91 Å². The summed E-state index contributed by atoms with van der Waals surface area (Å²) in [5.74, 6) is 0.742. The largest absolute Gasteiger partial charge is 0.489 e. The molecule has 34 heavy (non-hydrogen) atoms. The zero-order valence-corrected chi connectivity index (χ0v) is 21.6. The molecule has 4 rings (SSSR count). The SMILES string of the molecule is Cc1cc(C)c(C)c(OCc2csc(C(=O)Nc3c(C)nn(Cn4nc(C)cc4C)c3C)c2)c1. The lowest BCUT2D eigenvalue weighted by Gasteiger charge is -2.11. The molecule has 7 nitrogen and oxygen atoms in total. The molecule has 0 unspecified atom stereocenters. The zero-order valence-electron chi connectivity index (χ0n) is 20.8. The van der Waals surface area contributed by atoms with Crippen LogP contribution < -0.4 is 10.1 Å². The summed E-state index contributed by atoms with van der Waals surface area (Å²) in [6, 6.07) is 8.13. The highest BCUT2D eigenvalue weighted by Crippen LogP contribution is 2.26. The minimum atomic E-state index is -0.143. The third kappa shape index (κ3) is 4.92. The predicted molar refractivity (Wildman–Crippen MR) is 136 cm³/mol. The van der Waals surface area contributed by atoms with E-state index in [9.17, 15) is 4.79 Å². The summed E-state index contributed by atoms with van der Waals surface area (Å²) in [4.78, 5) is 13.6. The fraction of sp³-hybridized carbons (Fsp3) is 0.346. The van der Waals surface area contributed by atoms with Gasteiger partial charge >= 0.3 is 0 Å². The van der Waals surface area contributed by atoms with Crippen LogP contribution >= 0.6 is 11.3 Å². The van der Waals surface area contributed by atoms with Crippen LogP contribution in [0, 0.1) is 48.5 Å². The van der Waals surface area contributed by atoms with Crippen molar-refractivity contribution < 1.29 is 9.53 Å². The van der Waals surface area contributed by atoms with Crippen LogP contribution in [0.3, 0.4) is 0 Å². The number of carbonyl (C=O) groups is 1. The van der Waals surface area contributed by atoms with E-state index in [1.54, 1.807) is 0 Å². The monoisotopic (exact) mass is 477 g/mol. The molecule has 178 valence electrons. The van der Waals surface area contributed by atoms with Crippen LogP contribution in [0.1, 0.15) is 54.7 Å². The Morgan fingerprint density at radius 2 is 1.76 bits per heavy atom. The van der Waals surface area contributed by atoms with E-state index in [1.807, 2.05) is 54.6 Å². The molecular weight excluding hydrogens is 446 g/mol. The molecule has 0 aliphatic rings. The Kier molecular flexibility index (Phi) is 6.61. The maximum Gasteiger partial charge on any atom is 0.265 e. The summed E-state index contributed by atoms with van der Waals surface area (Å²) in [5, 5.41) is 14.1. The molecule has 0 radical (unpaired) electrons. The Balaban J connectivity index is 1.44. The number of amides is 1. The Bertz CT molecular complexity index is 1360. The van der Waals surface area contributed by atoms with Crippen molar-refractivity contribution in [3.8, 4) is 5.75 Å². The highest BCUT2D eigenvalue weighted by atomic mass is 32.1. The van der Waals surface area contributed by atoms with E-state index in [0.717, 1.165) is 45.3 Å². The van der Waals surface area contributed by atoms with Crippen LogP contribution in [0.25, 0.3) is 0 Å². The van der Waals surface area contributed by atoms with E-state index in [1.165, 1.54) is 22.5 Å². The van der Waals surface area contributed by atoms with Gasteiger partial charge in [0.2, 0.25) is 0 Å². The van der Waals surface area contributed by atoms with E-state index >= 15 is 0 Å². The van der Waals surface area contributed by atoms with Crippen molar-refractivity contribution in [3.63, 3.8) is 0 Å². The minimum absolute atomic E-state index is 0.143. The number of nitrogens with one attached hydrogen (secondary N) is 1. The molecule has 0 atom stereocenters. The number of thiophene rings is 1. The molecule has 0 aliphatic carbocycles. The summed E-state index contributed by atoms with van der Waals surface area (Å²) in [6.45, 7) is 15.0. The van der Waals surface area contributed by atoms with Gasteiger partial charge in [0, 0.05) is 11.3 Å². The van der Waals surface area contributed by atoms with Gasteiger partial charge in [-0.15, -0.1) is 11.3 Å². The number of nitrogens with zero attached hydrogens (tertiary/aromatic N) is 4. The molecule has 8 heteroatoms. The standard InChI is InChI=1S/C26H31N5O2S/c1-15-8-16(2)19(5)23(9-15)33-12-22-11-24(34-13-22)26(32)27-25-20(6)29-31(21(25)7)14-30-18(4)10-17(3)28-30/h8-11,13H,12,14H2,1-7H3,(H,27,32). The fourth-order valence-electron chi connectivity index (χ4n) is 4.02. The number of hydrogen-bond donors (Lipinski definition) is 1. The first kappa shape index (κ1) is 23.8. The number of aromatic nitrogens is 4. The molecule has 0 saturated heterocycles. The van der Waals surface area contributed by atoms with Crippen molar-refractivity contribution in [2.24, 2.45) is 0 Å². The number of carbonyl (C=O) groups excluding carboxylic acids is 1. The normalized spacial score (nSPS) is 11.1. The molecule has 1 amide bonds. The first-order valence-electron chi connectivity index (χ1n) is 11.3. The van der Waals surface area contributed by atoms with E-state index < -0.39 is 0 Å². The molecule has 0 saturated carbocycles. The molecule has 0 spiro atoms. The van der Waals surface area contributed by atoms with Crippen molar-refractivity contribution in [1.82, 2.24) is 19.6 Å². The number of benzene rings is 1. The minimum Gasteiger partial charge on any atom is -0.489 e. The number of rotatable bonds is 7. The van der Waals surface area contributed by atoms with E-state index in [-0.39, 0.29) is 5.91 Å². The second-order valence-electron chi connectivity index (χ2n) is 8.88. The second kappa shape index (κ2) is 9.46. The Hall–Kier alpha value is -3.39. The Labute approximate surface area is 204 Å². The molecule has 3 aromatic heterocycles. The van der Waals surface area contributed by atoms with E-state index in [4.69, 9.17) is 4.74 Å². The first-order valence-corrected chi connectivity index (χ1v) is 12.1. The van der Waals surface area contributed by atoms with Crippen LogP contribution in [0.2, 0.25) is 0 Å². The molecule has 1 aromatic carbocycles. The predicted octanol–water partition coefficient (Wildman–Crippen LogP) is 5.64. The first-order chi connectivity index (χ1) is 16.1.